The van der Waals surface area contributed by atoms with Crippen LogP contribution in [0.4, 0.5) is 10.1 Å². The minimum atomic E-state index is -0.392. The van der Waals surface area contributed by atoms with Gasteiger partial charge in [-0.1, -0.05) is 35.9 Å². The Kier molecular flexibility index (Phi) is 4.64. The summed E-state index contributed by atoms with van der Waals surface area (Å²) in [5.41, 5.74) is 12.2. The Morgan fingerprint density at radius 2 is 1.77 bits per heavy atom. The second-order valence-corrected chi connectivity index (χ2v) is 8.19. The number of hydrogen-bond donors (Lipinski definition) is 1. The minimum absolute atomic E-state index is 0.264. The summed E-state index contributed by atoms with van der Waals surface area (Å²) in [6.45, 7) is 2.05. The molecular weight excluding hydrogens is 409 g/mol. The first-order valence-electron chi connectivity index (χ1n) is 9.74. The van der Waals surface area contributed by atoms with Gasteiger partial charge in [0.1, 0.15) is 16.5 Å². The van der Waals surface area contributed by atoms with E-state index in [-0.39, 0.29) is 5.78 Å². The zero-order chi connectivity index (χ0) is 21.5. The number of nitrogens with two attached hydrogens (primary N) is 1. The smallest absolute Gasteiger partial charge is 0.211 e. The van der Waals surface area contributed by atoms with Gasteiger partial charge in [0, 0.05) is 22.7 Å². The maximum atomic E-state index is 13.3. The van der Waals surface area contributed by atoms with Crippen LogP contribution in [0.2, 0.25) is 0 Å². The number of benzene rings is 2. The van der Waals surface area contributed by atoms with Crippen LogP contribution < -0.4 is 5.73 Å². The van der Waals surface area contributed by atoms with Gasteiger partial charge < -0.3 is 10.1 Å². The van der Waals surface area contributed by atoms with Crippen molar-refractivity contribution in [3.63, 3.8) is 0 Å². The number of fused-ring (bicyclic) bond motifs is 1. The van der Waals surface area contributed by atoms with E-state index in [1.165, 1.54) is 41.2 Å². The summed E-state index contributed by atoms with van der Waals surface area (Å²) in [4.78, 5) is 18.1. The van der Waals surface area contributed by atoms with Crippen molar-refractivity contribution in [3.05, 3.63) is 101 Å². The summed E-state index contributed by atoms with van der Waals surface area (Å²) in [5.74, 6) is -0.656. The third-order valence-electron chi connectivity index (χ3n) is 5.27. The molecule has 0 fully saturated rings. The molecular formula is C25H18FN3OS. The lowest BCUT2D eigenvalue weighted by atomic mass is 10.1. The van der Waals surface area contributed by atoms with Crippen LogP contribution in [0.25, 0.3) is 27.3 Å². The van der Waals surface area contributed by atoms with Gasteiger partial charge in [0.15, 0.2) is 0 Å². The maximum absolute atomic E-state index is 13.3. The van der Waals surface area contributed by atoms with E-state index >= 15 is 0 Å². The standard InChI is InChI=1S/C25H18FN3OS/c1-15-5-7-16(8-6-15)19-14-31-25(28-19)21-20-4-2-3-13-29(20)23(22(21)27)24(30)17-9-11-18(26)12-10-17/h2-14H,27H2,1H3. The van der Waals surface area contributed by atoms with E-state index in [0.717, 1.165) is 27.3 Å². The molecule has 3 heterocycles. The fraction of sp³-hybridized carbons (Fsp3) is 0.0400. The molecule has 6 heteroatoms. The number of halogens is 1. The number of aromatic nitrogens is 2. The van der Waals surface area contributed by atoms with Gasteiger partial charge in [-0.15, -0.1) is 11.3 Å². The molecule has 0 spiro atoms. The molecule has 0 aliphatic rings. The molecule has 0 saturated heterocycles. The van der Waals surface area contributed by atoms with E-state index in [4.69, 9.17) is 10.7 Å². The molecule has 0 amide bonds. The molecule has 0 aliphatic heterocycles. The summed E-state index contributed by atoms with van der Waals surface area (Å²) < 4.78 is 15.1. The lowest BCUT2D eigenvalue weighted by molar-refractivity contribution is 0.103. The number of nitrogens with zero attached hydrogens (tertiary/aromatic N) is 2. The Morgan fingerprint density at radius 3 is 2.52 bits per heavy atom. The molecule has 0 bridgehead atoms. The second-order valence-electron chi connectivity index (χ2n) is 7.33. The van der Waals surface area contributed by atoms with Crippen LogP contribution in [-0.2, 0) is 0 Å². The van der Waals surface area contributed by atoms with Crippen molar-refractivity contribution in [1.29, 1.82) is 0 Å². The molecule has 0 atom stereocenters. The van der Waals surface area contributed by atoms with Gasteiger partial charge in [-0.05, 0) is 43.3 Å². The highest BCUT2D eigenvalue weighted by Crippen LogP contribution is 2.39. The molecule has 2 N–H and O–H groups in total. The van der Waals surface area contributed by atoms with Gasteiger partial charge in [-0.25, -0.2) is 9.37 Å². The van der Waals surface area contributed by atoms with E-state index in [9.17, 15) is 9.18 Å². The van der Waals surface area contributed by atoms with Crippen molar-refractivity contribution in [2.75, 3.05) is 5.73 Å². The van der Waals surface area contributed by atoms with Crippen LogP contribution in [-0.4, -0.2) is 15.2 Å². The second kappa shape index (κ2) is 7.49. The number of thiazole rings is 1. The number of anilines is 1. The Hall–Kier alpha value is -3.77. The Morgan fingerprint density at radius 1 is 1.03 bits per heavy atom. The Bertz CT molecular complexity index is 1420. The van der Waals surface area contributed by atoms with Crippen molar-refractivity contribution in [2.45, 2.75) is 6.92 Å². The van der Waals surface area contributed by atoms with Crippen LogP contribution in [0.1, 0.15) is 21.6 Å². The molecule has 0 saturated carbocycles. The Balaban J connectivity index is 1.65. The minimum Gasteiger partial charge on any atom is -0.396 e. The van der Waals surface area contributed by atoms with E-state index in [1.807, 2.05) is 42.6 Å². The fourth-order valence-corrected chi connectivity index (χ4v) is 4.56. The Labute approximate surface area is 182 Å². The number of carbonyl (C=O) groups is 1. The average Bonchev–Trinajstić information content (AvgIpc) is 3.36. The van der Waals surface area contributed by atoms with Crippen molar-refractivity contribution < 1.29 is 9.18 Å². The normalized spacial score (nSPS) is 11.2. The van der Waals surface area contributed by atoms with E-state index in [2.05, 4.69) is 12.1 Å². The summed E-state index contributed by atoms with van der Waals surface area (Å²) in [7, 11) is 0. The van der Waals surface area contributed by atoms with Gasteiger partial charge in [-0.2, -0.15) is 0 Å². The number of carbonyl (C=O) groups excluding carboxylic acids is 1. The quantitative estimate of drug-likeness (QED) is 0.358. The average molecular weight is 428 g/mol. The molecule has 3 aromatic heterocycles. The molecule has 4 nitrogen and oxygen atoms in total. The van der Waals surface area contributed by atoms with Crippen molar-refractivity contribution in [2.24, 2.45) is 0 Å². The molecule has 5 aromatic rings. The highest BCUT2D eigenvalue weighted by Gasteiger charge is 2.25. The number of rotatable bonds is 4. The highest BCUT2D eigenvalue weighted by atomic mass is 32.1. The van der Waals surface area contributed by atoms with Crippen LogP contribution >= 0.6 is 11.3 Å². The summed E-state index contributed by atoms with van der Waals surface area (Å²) in [6.07, 6.45) is 1.81. The number of hydrogen-bond acceptors (Lipinski definition) is 4. The molecule has 152 valence electrons. The van der Waals surface area contributed by atoms with Gasteiger partial charge in [0.2, 0.25) is 5.78 Å². The number of aryl methyl sites for hydroxylation is 1. The summed E-state index contributed by atoms with van der Waals surface area (Å²) in [6, 6.07) is 19.3. The first-order valence-corrected chi connectivity index (χ1v) is 10.6. The zero-order valence-electron chi connectivity index (χ0n) is 16.7. The summed E-state index contributed by atoms with van der Waals surface area (Å²) in [5, 5.41) is 2.74. The van der Waals surface area contributed by atoms with Gasteiger partial charge in [0.25, 0.3) is 0 Å². The first kappa shape index (κ1) is 19.2. The monoisotopic (exact) mass is 427 g/mol. The summed E-state index contributed by atoms with van der Waals surface area (Å²) >= 11 is 1.49. The van der Waals surface area contributed by atoms with Gasteiger partial charge in [0.05, 0.1) is 22.5 Å². The lowest BCUT2D eigenvalue weighted by Crippen LogP contribution is -2.08. The maximum Gasteiger partial charge on any atom is 0.211 e. The predicted octanol–water partition coefficient (Wildman–Crippen LogP) is 5.99. The predicted molar refractivity (Wildman–Crippen MR) is 123 cm³/mol. The van der Waals surface area contributed by atoms with Crippen LogP contribution in [0.5, 0.6) is 0 Å². The number of ketones is 1. The fourth-order valence-electron chi connectivity index (χ4n) is 3.67. The molecule has 2 aromatic carbocycles. The molecule has 0 aliphatic carbocycles. The molecule has 0 radical (unpaired) electrons. The highest BCUT2D eigenvalue weighted by molar-refractivity contribution is 7.13. The SMILES string of the molecule is Cc1ccc(-c2csc(-c3c(N)c(C(=O)c4ccc(F)cc4)n4ccccc34)n2)cc1. The van der Waals surface area contributed by atoms with Crippen molar-refractivity contribution in [1.82, 2.24) is 9.38 Å². The largest absolute Gasteiger partial charge is 0.396 e. The van der Waals surface area contributed by atoms with Crippen LogP contribution in [0, 0.1) is 12.7 Å². The third-order valence-corrected chi connectivity index (χ3v) is 6.13. The van der Waals surface area contributed by atoms with Crippen LogP contribution in [0.3, 0.4) is 0 Å². The molecule has 5 rings (SSSR count). The van der Waals surface area contributed by atoms with E-state index in [1.54, 1.807) is 10.6 Å². The molecule has 0 unspecified atom stereocenters. The lowest BCUT2D eigenvalue weighted by Gasteiger charge is -2.03. The van der Waals surface area contributed by atoms with E-state index < -0.39 is 5.82 Å². The van der Waals surface area contributed by atoms with Crippen molar-refractivity contribution in [3.8, 4) is 21.8 Å². The van der Waals surface area contributed by atoms with Crippen LogP contribution in [0.15, 0.2) is 78.3 Å². The number of pyridine rings is 1. The van der Waals surface area contributed by atoms with Gasteiger partial charge >= 0.3 is 0 Å². The topological polar surface area (TPSA) is 60.4 Å². The third kappa shape index (κ3) is 3.31. The van der Waals surface area contributed by atoms with E-state index in [0.29, 0.717) is 16.9 Å². The first-order chi connectivity index (χ1) is 15.0. The van der Waals surface area contributed by atoms with Crippen molar-refractivity contribution >= 4 is 28.3 Å². The zero-order valence-corrected chi connectivity index (χ0v) is 17.5. The molecule has 31 heavy (non-hydrogen) atoms. The van der Waals surface area contributed by atoms with Gasteiger partial charge in [-0.3, -0.25) is 4.79 Å². The number of nitrogen functional groups attached to an aromatic ring is 1.